The quantitative estimate of drug-likeness (QED) is 0.393. The van der Waals surface area contributed by atoms with Gasteiger partial charge in [0.05, 0.1) is 13.7 Å². The molecule has 0 aliphatic carbocycles. The normalized spacial score (nSPS) is 17.6. The van der Waals surface area contributed by atoms with Crippen molar-refractivity contribution in [1.82, 2.24) is 10.2 Å². The predicted octanol–water partition coefficient (Wildman–Crippen LogP) is 4.07. The molecule has 1 aliphatic heterocycles. The van der Waals surface area contributed by atoms with Gasteiger partial charge in [0.25, 0.3) is 0 Å². The first kappa shape index (κ1) is 22.5. The standard InChI is InChI=1S/C19H30N4O2.HI/c1-7-20-16(23-13-18(2,3)19(23,4)5)21-12-14-8-10-15(11-9-14)22-17(24)25-6;/h8-11H,7,12-13H2,1-6H3,(H,20,21)(H,22,24);1H. The lowest BCUT2D eigenvalue weighted by atomic mass is 9.65. The Bertz CT molecular complexity index is 641. The first-order valence-corrected chi connectivity index (χ1v) is 8.71. The predicted molar refractivity (Wildman–Crippen MR) is 117 cm³/mol. The zero-order chi connectivity index (χ0) is 18.7. The number of hydrogen-bond donors (Lipinski definition) is 2. The monoisotopic (exact) mass is 474 g/mol. The second-order valence-electron chi connectivity index (χ2n) is 7.51. The first-order chi connectivity index (χ1) is 11.7. The number of methoxy groups -OCH3 is 1. The van der Waals surface area contributed by atoms with E-state index in [-0.39, 0.29) is 34.9 Å². The fourth-order valence-electron chi connectivity index (χ4n) is 2.82. The van der Waals surface area contributed by atoms with Gasteiger partial charge in [-0.15, -0.1) is 24.0 Å². The maximum Gasteiger partial charge on any atom is 0.411 e. The number of carbonyl (C=O) groups is 1. The number of ether oxygens (including phenoxy) is 1. The molecule has 7 heteroatoms. The number of guanidine groups is 1. The summed E-state index contributed by atoms with van der Waals surface area (Å²) in [5.74, 6) is 0.948. The molecule has 26 heavy (non-hydrogen) atoms. The number of aliphatic imine (C=N–C) groups is 1. The van der Waals surface area contributed by atoms with Crippen molar-refractivity contribution in [3.8, 4) is 0 Å². The number of halogens is 1. The summed E-state index contributed by atoms with van der Waals surface area (Å²) < 4.78 is 4.59. The van der Waals surface area contributed by atoms with Crippen LogP contribution in [0.15, 0.2) is 29.3 Å². The minimum atomic E-state index is -0.470. The van der Waals surface area contributed by atoms with Gasteiger partial charge in [0.2, 0.25) is 0 Å². The summed E-state index contributed by atoms with van der Waals surface area (Å²) in [5, 5.41) is 6.04. The Balaban J connectivity index is 0.00000338. The number of nitrogens with one attached hydrogen (secondary N) is 2. The largest absolute Gasteiger partial charge is 0.453 e. The highest BCUT2D eigenvalue weighted by molar-refractivity contribution is 14.0. The third-order valence-corrected chi connectivity index (χ3v) is 5.27. The van der Waals surface area contributed by atoms with Crippen LogP contribution in [0.4, 0.5) is 10.5 Å². The smallest absolute Gasteiger partial charge is 0.411 e. The molecule has 1 saturated heterocycles. The maximum atomic E-state index is 11.2. The molecule has 0 radical (unpaired) electrons. The number of benzene rings is 1. The molecule has 2 N–H and O–H groups in total. The maximum absolute atomic E-state index is 11.2. The number of anilines is 1. The van der Waals surface area contributed by atoms with E-state index in [1.54, 1.807) is 0 Å². The molecule has 1 heterocycles. The van der Waals surface area contributed by atoms with Crippen molar-refractivity contribution in [1.29, 1.82) is 0 Å². The zero-order valence-corrected chi connectivity index (χ0v) is 18.9. The van der Waals surface area contributed by atoms with E-state index in [2.05, 4.69) is 54.9 Å². The minimum Gasteiger partial charge on any atom is -0.453 e. The van der Waals surface area contributed by atoms with Crippen LogP contribution in [0.5, 0.6) is 0 Å². The van der Waals surface area contributed by atoms with Crippen LogP contribution in [-0.4, -0.2) is 42.7 Å². The number of rotatable bonds is 4. The van der Waals surface area contributed by atoms with E-state index >= 15 is 0 Å². The van der Waals surface area contributed by atoms with Gasteiger partial charge in [0.15, 0.2) is 5.96 Å². The molecule has 1 aromatic rings. The molecular formula is C19H31IN4O2. The van der Waals surface area contributed by atoms with Crippen LogP contribution in [0.1, 0.15) is 40.2 Å². The first-order valence-electron chi connectivity index (χ1n) is 8.71. The Kier molecular flexibility index (Phi) is 7.73. The average Bonchev–Trinajstić information content (AvgIpc) is 2.58. The number of nitrogens with zero attached hydrogens (tertiary/aromatic N) is 2. The Morgan fingerprint density at radius 2 is 1.85 bits per heavy atom. The fourth-order valence-corrected chi connectivity index (χ4v) is 2.82. The lowest BCUT2D eigenvalue weighted by Gasteiger charge is -2.62. The summed E-state index contributed by atoms with van der Waals surface area (Å²) in [4.78, 5) is 18.3. The van der Waals surface area contributed by atoms with Gasteiger partial charge in [-0.05, 0) is 38.5 Å². The highest BCUT2D eigenvalue weighted by atomic mass is 127. The van der Waals surface area contributed by atoms with Crippen molar-refractivity contribution in [2.24, 2.45) is 10.4 Å². The fraction of sp³-hybridized carbons (Fsp3) is 0.579. The minimum absolute atomic E-state index is 0. The van der Waals surface area contributed by atoms with Crippen LogP contribution in [0, 0.1) is 5.41 Å². The Hall–Kier alpha value is -1.51. The number of hydrogen-bond acceptors (Lipinski definition) is 3. The van der Waals surface area contributed by atoms with Gasteiger partial charge in [-0.25, -0.2) is 9.79 Å². The highest BCUT2D eigenvalue weighted by Gasteiger charge is 2.53. The van der Waals surface area contributed by atoms with Crippen molar-refractivity contribution >= 4 is 41.7 Å². The van der Waals surface area contributed by atoms with Crippen molar-refractivity contribution in [2.75, 3.05) is 25.5 Å². The van der Waals surface area contributed by atoms with Crippen LogP contribution in [0.2, 0.25) is 0 Å². The third-order valence-electron chi connectivity index (χ3n) is 5.27. The van der Waals surface area contributed by atoms with Gasteiger partial charge in [-0.2, -0.15) is 0 Å². The molecule has 0 spiro atoms. The molecule has 0 aromatic heterocycles. The van der Waals surface area contributed by atoms with Crippen LogP contribution >= 0.6 is 24.0 Å². The van der Waals surface area contributed by atoms with E-state index in [0.717, 1.165) is 24.6 Å². The molecule has 146 valence electrons. The summed E-state index contributed by atoms with van der Waals surface area (Å²) in [5.41, 5.74) is 2.13. The van der Waals surface area contributed by atoms with Crippen molar-refractivity contribution in [3.63, 3.8) is 0 Å². The highest BCUT2D eigenvalue weighted by Crippen LogP contribution is 2.46. The van der Waals surface area contributed by atoms with Crippen molar-refractivity contribution in [2.45, 2.75) is 46.7 Å². The Morgan fingerprint density at radius 3 is 2.31 bits per heavy atom. The summed E-state index contributed by atoms with van der Waals surface area (Å²) in [6, 6.07) is 7.63. The van der Waals surface area contributed by atoms with E-state index in [1.165, 1.54) is 7.11 Å². The molecule has 1 fully saturated rings. The molecule has 0 bridgehead atoms. The van der Waals surface area contributed by atoms with E-state index in [4.69, 9.17) is 4.99 Å². The molecule has 0 atom stereocenters. The van der Waals surface area contributed by atoms with E-state index < -0.39 is 6.09 Å². The summed E-state index contributed by atoms with van der Waals surface area (Å²) in [6.45, 7) is 13.6. The second-order valence-corrected chi connectivity index (χ2v) is 7.51. The van der Waals surface area contributed by atoms with E-state index in [0.29, 0.717) is 12.2 Å². The molecular weight excluding hydrogens is 443 g/mol. The van der Waals surface area contributed by atoms with Gasteiger partial charge in [-0.3, -0.25) is 5.32 Å². The number of carbonyl (C=O) groups excluding carboxylic acids is 1. The molecule has 2 rings (SSSR count). The Morgan fingerprint density at radius 1 is 1.23 bits per heavy atom. The zero-order valence-electron chi connectivity index (χ0n) is 16.5. The second kappa shape index (κ2) is 8.92. The molecule has 1 amide bonds. The lowest BCUT2D eigenvalue weighted by molar-refractivity contribution is -0.0667. The van der Waals surface area contributed by atoms with Gasteiger partial charge < -0.3 is 15.0 Å². The summed E-state index contributed by atoms with van der Waals surface area (Å²) in [7, 11) is 1.35. The van der Waals surface area contributed by atoms with Crippen LogP contribution in [-0.2, 0) is 11.3 Å². The SMILES string of the molecule is CCNC(=NCc1ccc(NC(=O)OC)cc1)N1CC(C)(C)C1(C)C.I. The Labute approximate surface area is 173 Å². The van der Waals surface area contributed by atoms with E-state index in [1.807, 2.05) is 24.3 Å². The molecule has 0 saturated carbocycles. The topological polar surface area (TPSA) is 66.0 Å². The molecule has 0 unspecified atom stereocenters. The van der Waals surface area contributed by atoms with E-state index in [9.17, 15) is 4.79 Å². The number of likely N-dealkylation sites (tertiary alicyclic amines) is 1. The number of amides is 1. The molecule has 6 nitrogen and oxygen atoms in total. The van der Waals surface area contributed by atoms with Crippen LogP contribution < -0.4 is 10.6 Å². The molecule has 1 aromatic carbocycles. The average molecular weight is 474 g/mol. The van der Waals surface area contributed by atoms with Gasteiger partial charge in [-0.1, -0.05) is 26.0 Å². The van der Waals surface area contributed by atoms with Gasteiger partial charge in [0, 0.05) is 29.7 Å². The van der Waals surface area contributed by atoms with Crippen molar-refractivity contribution < 1.29 is 9.53 Å². The van der Waals surface area contributed by atoms with Crippen LogP contribution in [0.3, 0.4) is 0 Å². The summed E-state index contributed by atoms with van der Waals surface area (Å²) in [6.07, 6.45) is -0.470. The third kappa shape index (κ3) is 4.81. The lowest BCUT2D eigenvalue weighted by Crippen LogP contribution is -2.72. The van der Waals surface area contributed by atoms with Crippen LogP contribution in [0.25, 0.3) is 0 Å². The summed E-state index contributed by atoms with van der Waals surface area (Å²) >= 11 is 0. The van der Waals surface area contributed by atoms with Gasteiger partial charge >= 0.3 is 6.09 Å². The molecule has 1 aliphatic rings. The van der Waals surface area contributed by atoms with Crippen molar-refractivity contribution in [3.05, 3.63) is 29.8 Å². The van der Waals surface area contributed by atoms with Gasteiger partial charge in [0.1, 0.15) is 0 Å².